The van der Waals surface area contributed by atoms with E-state index in [1.54, 1.807) is 35.0 Å². The molecule has 0 atom stereocenters. The van der Waals surface area contributed by atoms with Crippen LogP contribution in [0.25, 0.3) is 16.9 Å². The monoisotopic (exact) mass is 504 g/mol. The first-order chi connectivity index (χ1) is 15.7. The zero-order chi connectivity index (χ0) is 23.3. The van der Waals surface area contributed by atoms with Crippen LogP contribution in [0.1, 0.15) is 49.2 Å². The van der Waals surface area contributed by atoms with Gasteiger partial charge in [0.25, 0.3) is 5.91 Å². The van der Waals surface area contributed by atoms with Gasteiger partial charge in [0, 0.05) is 28.7 Å². The van der Waals surface area contributed by atoms with Gasteiger partial charge in [-0.1, -0.05) is 41.2 Å². The van der Waals surface area contributed by atoms with Crippen molar-refractivity contribution in [2.24, 2.45) is 0 Å². The van der Waals surface area contributed by atoms with Gasteiger partial charge in [-0.05, 0) is 63.1 Å². The predicted octanol–water partition coefficient (Wildman–Crippen LogP) is 6.26. The number of ether oxygens (including phenoxy) is 1. The first-order valence-corrected chi connectivity index (χ1v) is 12.0. The third kappa shape index (κ3) is 4.10. The summed E-state index contributed by atoms with van der Waals surface area (Å²) in [6.45, 7) is 5.48. The van der Waals surface area contributed by atoms with E-state index in [2.05, 4.69) is 5.43 Å². The number of hydrogen-bond donors (Lipinski definition) is 1. The van der Waals surface area contributed by atoms with Crippen LogP contribution in [0.5, 0.6) is 5.75 Å². The molecule has 3 aromatic rings. The van der Waals surface area contributed by atoms with Crippen LogP contribution in [0.4, 0.5) is 0 Å². The number of carbonyl (C=O) groups excluding carboxylic acids is 1. The molecule has 9 heteroatoms. The number of carbonyl (C=O) groups is 1. The number of halogens is 3. The van der Waals surface area contributed by atoms with Crippen molar-refractivity contribution in [2.45, 2.75) is 38.7 Å². The molecule has 1 aromatic heterocycles. The molecular weight excluding hydrogens is 483 g/mol. The number of nitrogens with zero attached hydrogens (tertiary/aromatic N) is 3. The van der Waals surface area contributed by atoms with Gasteiger partial charge in [-0.3, -0.25) is 10.2 Å². The molecule has 6 nitrogen and oxygen atoms in total. The topological polar surface area (TPSA) is 59.4 Å². The fourth-order valence-corrected chi connectivity index (χ4v) is 5.18. The highest BCUT2D eigenvalue weighted by Gasteiger charge is 2.41. The lowest BCUT2D eigenvalue weighted by atomic mass is 9.89. The van der Waals surface area contributed by atoms with Gasteiger partial charge in [-0.2, -0.15) is 5.10 Å². The summed E-state index contributed by atoms with van der Waals surface area (Å²) in [5.74, 6) is 0.347. The molecule has 172 valence electrons. The van der Waals surface area contributed by atoms with Crippen LogP contribution in [0, 0.1) is 0 Å². The third-order valence-corrected chi connectivity index (χ3v) is 6.79. The molecule has 0 saturated carbocycles. The minimum Gasteiger partial charge on any atom is -0.482 e. The zero-order valence-electron chi connectivity index (χ0n) is 18.3. The van der Waals surface area contributed by atoms with E-state index in [9.17, 15) is 4.79 Å². The molecule has 0 radical (unpaired) electrons. The van der Waals surface area contributed by atoms with E-state index in [1.807, 2.05) is 24.9 Å². The van der Waals surface area contributed by atoms with Crippen molar-refractivity contribution in [3.63, 3.8) is 0 Å². The van der Waals surface area contributed by atoms with E-state index in [0.717, 1.165) is 37.2 Å². The lowest BCUT2D eigenvalue weighted by Gasteiger charge is -2.34. The second-order valence-electron chi connectivity index (χ2n) is 8.82. The van der Waals surface area contributed by atoms with Crippen molar-refractivity contribution in [3.05, 3.63) is 62.7 Å². The molecular formula is C24H23Cl3N4O2. The number of aromatic nitrogens is 2. The lowest BCUT2D eigenvalue weighted by Crippen LogP contribution is -2.46. The number of amides is 1. The molecule has 2 aliphatic rings. The van der Waals surface area contributed by atoms with Gasteiger partial charge in [0.2, 0.25) is 0 Å². The summed E-state index contributed by atoms with van der Waals surface area (Å²) >= 11 is 19.0. The Morgan fingerprint density at radius 1 is 1.03 bits per heavy atom. The molecule has 0 unspecified atom stereocenters. The number of benzene rings is 2. The minimum absolute atomic E-state index is 0.272. The Bertz CT molecular complexity index is 1250. The maximum Gasteiger partial charge on any atom is 0.286 e. The maximum atomic E-state index is 13.5. The highest BCUT2D eigenvalue weighted by molar-refractivity contribution is 6.35. The second-order valence-corrected chi connectivity index (χ2v) is 10.1. The molecule has 0 spiro atoms. The second kappa shape index (κ2) is 8.51. The summed E-state index contributed by atoms with van der Waals surface area (Å²) in [5, 5.41) is 8.23. The van der Waals surface area contributed by atoms with Crippen LogP contribution in [-0.4, -0.2) is 33.8 Å². The molecule has 1 N–H and O–H groups in total. The van der Waals surface area contributed by atoms with E-state index in [1.165, 1.54) is 6.42 Å². The van der Waals surface area contributed by atoms with E-state index in [0.29, 0.717) is 37.8 Å². The van der Waals surface area contributed by atoms with Crippen molar-refractivity contribution in [1.29, 1.82) is 0 Å². The molecule has 33 heavy (non-hydrogen) atoms. The molecule has 0 bridgehead atoms. The Hall–Kier alpha value is -2.25. The maximum absolute atomic E-state index is 13.5. The minimum atomic E-state index is -0.835. The van der Waals surface area contributed by atoms with Gasteiger partial charge >= 0.3 is 0 Å². The van der Waals surface area contributed by atoms with Crippen LogP contribution in [0.15, 0.2) is 36.4 Å². The van der Waals surface area contributed by atoms with E-state index >= 15 is 0 Å². The molecule has 1 saturated heterocycles. The molecule has 2 aromatic carbocycles. The van der Waals surface area contributed by atoms with Crippen molar-refractivity contribution < 1.29 is 9.53 Å². The van der Waals surface area contributed by atoms with Crippen LogP contribution >= 0.6 is 34.8 Å². The van der Waals surface area contributed by atoms with Crippen molar-refractivity contribution >= 4 is 40.7 Å². The molecule has 3 heterocycles. The Morgan fingerprint density at radius 3 is 2.45 bits per heavy atom. The third-order valence-electron chi connectivity index (χ3n) is 6.02. The highest BCUT2D eigenvalue weighted by Crippen LogP contribution is 2.48. The number of piperidine rings is 1. The number of hydrazine groups is 1. The van der Waals surface area contributed by atoms with Gasteiger partial charge in [-0.15, -0.1) is 0 Å². The summed E-state index contributed by atoms with van der Waals surface area (Å²) in [5.41, 5.74) is 5.33. The van der Waals surface area contributed by atoms with Gasteiger partial charge in [0.15, 0.2) is 5.69 Å². The van der Waals surface area contributed by atoms with Crippen LogP contribution in [0.2, 0.25) is 15.1 Å². The Morgan fingerprint density at radius 2 is 1.73 bits per heavy atom. The quantitative estimate of drug-likeness (QED) is 0.456. The lowest BCUT2D eigenvalue weighted by molar-refractivity contribution is 0.0720. The molecule has 1 fully saturated rings. The molecule has 5 rings (SSSR count). The summed E-state index contributed by atoms with van der Waals surface area (Å²) in [7, 11) is 0. The molecule has 1 amide bonds. The normalized spacial score (nSPS) is 17.1. The zero-order valence-corrected chi connectivity index (χ0v) is 20.6. The summed E-state index contributed by atoms with van der Waals surface area (Å²) < 4.78 is 8.02. The largest absolute Gasteiger partial charge is 0.482 e. The van der Waals surface area contributed by atoms with Gasteiger partial charge < -0.3 is 4.74 Å². The van der Waals surface area contributed by atoms with Gasteiger partial charge in [0.1, 0.15) is 11.4 Å². The van der Waals surface area contributed by atoms with Gasteiger partial charge in [-0.25, -0.2) is 9.69 Å². The van der Waals surface area contributed by atoms with Crippen LogP contribution < -0.4 is 10.2 Å². The average Bonchev–Trinajstić information content (AvgIpc) is 3.16. The van der Waals surface area contributed by atoms with Crippen molar-refractivity contribution in [2.75, 3.05) is 13.1 Å². The van der Waals surface area contributed by atoms with Crippen molar-refractivity contribution in [1.82, 2.24) is 20.2 Å². The number of rotatable bonds is 3. The predicted molar refractivity (Wildman–Crippen MR) is 131 cm³/mol. The first kappa shape index (κ1) is 22.5. The fourth-order valence-electron chi connectivity index (χ4n) is 4.53. The Labute approximate surface area is 207 Å². The van der Waals surface area contributed by atoms with Gasteiger partial charge in [0.05, 0.1) is 22.0 Å². The Balaban J connectivity index is 1.72. The van der Waals surface area contributed by atoms with Crippen LogP contribution in [-0.2, 0) is 5.60 Å². The number of fused-ring (bicyclic) bond motifs is 3. The van der Waals surface area contributed by atoms with E-state index in [-0.39, 0.29) is 5.91 Å². The highest BCUT2D eigenvalue weighted by atomic mass is 35.5. The fraction of sp³-hybridized carbons (Fsp3) is 0.333. The summed E-state index contributed by atoms with van der Waals surface area (Å²) in [6, 6.07) is 10.6. The van der Waals surface area contributed by atoms with Crippen LogP contribution in [0.3, 0.4) is 0 Å². The summed E-state index contributed by atoms with van der Waals surface area (Å²) in [6.07, 6.45) is 3.28. The average molecular weight is 506 g/mol. The Kier molecular flexibility index (Phi) is 5.81. The first-order valence-electron chi connectivity index (χ1n) is 10.9. The standard InChI is InChI=1S/C24H23Cl3N4O2/c1-24(2)20-21(23(32)29-30-10-4-3-5-11-30)28-31(18-9-7-14(25)12-17(18)27)22(20)16-8-6-15(26)13-19(16)33-24/h6-9,12-13H,3-5,10-11H2,1-2H3,(H,29,32). The number of nitrogens with one attached hydrogen (secondary N) is 1. The molecule has 2 aliphatic heterocycles. The smallest absolute Gasteiger partial charge is 0.286 e. The number of hydrogen-bond acceptors (Lipinski definition) is 4. The summed E-state index contributed by atoms with van der Waals surface area (Å²) in [4.78, 5) is 13.5. The van der Waals surface area contributed by atoms with Crippen molar-refractivity contribution in [3.8, 4) is 22.7 Å². The molecule has 0 aliphatic carbocycles. The van der Waals surface area contributed by atoms with E-state index in [4.69, 9.17) is 44.6 Å². The van der Waals surface area contributed by atoms with E-state index < -0.39 is 5.60 Å². The SMILES string of the molecule is CC1(C)Oc2cc(Cl)ccc2-c2c1c(C(=O)NN1CCCCC1)nn2-c1ccc(Cl)cc1Cl.